The number of benzene rings is 2. The topological polar surface area (TPSA) is 46.1 Å². The zero-order valence-electron chi connectivity index (χ0n) is 18.6. The highest BCUT2D eigenvalue weighted by Crippen LogP contribution is 2.32. The predicted octanol–water partition coefficient (Wildman–Crippen LogP) is 6.53. The third-order valence-corrected chi connectivity index (χ3v) is 7.16. The second-order valence-corrected chi connectivity index (χ2v) is 10.6. The Hall–Kier alpha value is -2.70. The molecule has 0 radical (unpaired) electrons. The number of nitrogens with zero attached hydrogens (tertiary/aromatic N) is 3. The molecule has 0 saturated carbocycles. The molecule has 2 aromatic carbocycles. The van der Waals surface area contributed by atoms with Crippen LogP contribution in [-0.4, -0.2) is 21.1 Å². The minimum absolute atomic E-state index is 0.0250. The molecule has 0 bridgehead atoms. The number of fused-ring (bicyclic) bond motifs is 1. The summed E-state index contributed by atoms with van der Waals surface area (Å²) in [6.45, 7) is 6.90. The Morgan fingerprint density at radius 3 is 2.56 bits per heavy atom. The Kier molecular flexibility index (Phi) is 7.22. The molecule has 2 heterocycles. The lowest BCUT2D eigenvalue weighted by molar-refractivity contribution is -0.118. The van der Waals surface area contributed by atoms with E-state index in [9.17, 15) is 4.79 Å². The van der Waals surface area contributed by atoms with E-state index in [4.69, 9.17) is 4.98 Å². The van der Waals surface area contributed by atoms with E-state index in [1.165, 1.54) is 10.5 Å². The standard InChI is InChI=1S/C26H27N3OS2/c1-4-20-8-7-10-23-25(20)28-26(32-23)29(17-21-9-5-6-15-27-21)24(30)16-19-11-13-22(14-12-19)31-18(2)3/h5-15,18H,4,16-17H2,1-3H3. The summed E-state index contributed by atoms with van der Waals surface area (Å²) in [6, 6.07) is 20.3. The molecule has 4 nitrogen and oxygen atoms in total. The average Bonchev–Trinajstić information content (AvgIpc) is 3.23. The molecule has 0 spiro atoms. The van der Waals surface area contributed by atoms with Crippen molar-refractivity contribution in [2.45, 2.75) is 50.3 Å². The Morgan fingerprint density at radius 1 is 1.06 bits per heavy atom. The van der Waals surface area contributed by atoms with Crippen molar-refractivity contribution in [2.24, 2.45) is 0 Å². The van der Waals surface area contributed by atoms with Crippen LogP contribution in [0.15, 0.2) is 71.8 Å². The van der Waals surface area contributed by atoms with Crippen LogP contribution in [0.4, 0.5) is 5.13 Å². The number of aromatic nitrogens is 2. The first-order chi connectivity index (χ1) is 15.5. The van der Waals surface area contributed by atoms with E-state index >= 15 is 0 Å². The normalized spacial score (nSPS) is 11.2. The first-order valence-electron chi connectivity index (χ1n) is 10.9. The Balaban J connectivity index is 1.63. The number of para-hydroxylation sites is 1. The van der Waals surface area contributed by atoms with E-state index in [-0.39, 0.29) is 5.91 Å². The zero-order valence-corrected chi connectivity index (χ0v) is 20.2. The highest BCUT2D eigenvalue weighted by molar-refractivity contribution is 7.99. The van der Waals surface area contributed by atoms with Gasteiger partial charge in [-0.05, 0) is 47.9 Å². The van der Waals surface area contributed by atoms with E-state index in [1.807, 2.05) is 30.0 Å². The Bertz CT molecular complexity index is 1190. The molecule has 0 aliphatic carbocycles. The molecule has 0 atom stereocenters. The summed E-state index contributed by atoms with van der Waals surface area (Å²) >= 11 is 3.39. The second kappa shape index (κ2) is 10.3. The number of rotatable bonds is 8. The van der Waals surface area contributed by atoms with Gasteiger partial charge in [0.05, 0.1) is 28.9 Å². The number of aryl methyl sites for hydroxylation is 1. The Labute approximate surface area is 197 Å². The lowest BCUT2D eigenvalue weighted by atomic mass is 10.1. The van der Waals surface area contributed by atoms with Crippen molar-refractivity contribution in [2.75, 3.05) is 4.90 Å². The summed E-state index contributed by atoms with van der Waals surface area (Å²) in [6.07, 6.45) is 3.00. The fourth-order valence-corrected chi connectivity index (χ4v) is 5.41. The van der Waals surface area contributed by atoms with Crippen molar-refractivity contribution >= 4 is 44.4 Å². The predicted molar refractivity (Wildman–Crippen MR) is 136 cm³/mol. The zero-order chi connectivity index (χ0) is 22.5. The second-order valence-electron chi connectivity index (χ2n) is 7.90. The van der Waals surface area contributed by atoms with Crippen LogP contribution in [0.2, 0.25) is 0 Å². The number of carbonyl (C=O) groups excluding carboxylic acids is 1. The van der Waals surface area contributed by atoms with Gasteiger partial charge in [0, 0.05) is 16.3 Å². The molecule has 4 rings (SSSR count). The van der Waals surface area contributed by atoms with Crippen LogP contribution in [0.5, 0.6) is 0 Å². The van der Waals surface area contributed by atoms with Gasteiger partial charge in [-0.1, -0.05) is 62.4 Å². The third kappa shape index (κ3) is 5.37. The molecule has 0 unspecified atom stereocenters. The van der Waals surface area contributed by atoms with Gasteiger partial charge in [0.25, 0.3) is 0 Å². The maximum absolute atomic E-state index is 13.5. The van der Waals surface area contributed by atoms with Gasteiger partial charge in [-0.2, -0.15) is 0 Å². The maximum Gasteiger partial charge on any atom is 0.233 e. The van der Waals surface area contributed by atoms with Gasteiger partial charge in [0.15, 0.2) is 5.13 Å². The summed E-state index contributed by atoms with van der Waals surface area (Å²) < 4.78 is 1.10. The number of hydrogen-bond donors (Lipinski definition) is 0. The quantitative estimate of drug-likeness (QED) is 0.280. The molecular weight excluding hydrogens is 434 g/mol. The van der Waals surface area contributed by atoms with Crippen LogP contribution in [-0.2, 0) is 24.2 Å². The van der Waals surface area contributed by atoms with E-state index in [1.54, 1.807) is 22.4 Å². The molecule has 1 amide bonds. The smallest absolute Gasteiger partial charge is 0.233 e. The highest BCUT2D eigenvalue weighted by atomic mass is 32.2. The molecule has 0 N–H and O–H groups in total. The van der Waals surface area contributed by atoms with Gasteiger partial charge in [0.2, 0.25) is 5.91 Å². The fourth-order valence-electron chi connectivity index (χ4n) is 3.54. The van der Waals surface area contributed by atoms with Gasteiger partial charge in [0.1, 0.15) is 0 Å². The molecule has 4 aromatic rings. The SMILES string of the molecule is CCc1cccc2sc(N(Cc3ccccn3)C(=O)Cc3ccc(SC(C)C)cc3)nc12. The summed E-state index contributed by atoms with van der Waals surface area (Å²) in [5, 5.41) is 1.26. The number of hydrogen-bond acceptors (Lipinski definition) is 5. The van der Waals surface area contributed by atoms with E-state index in [0.29, 0.717) is 18.2 Å². The van der Waals surface area contributed by atoms with Gasteiger partial charge in [-0.15, -0.1) is 11.8 Å². The highest BCUT2D eigenvalue weighted by Gasteiger charge is 2.21. The Morgan fingerprint density at radius 2 is 1.88 bits per heavy atom. The van der Waals surface area contributed by atoms with Crippen LogP contribution in [0, 0.1) is 0 Å². The average molecular weight is 462 g/mol. The van der Waals surface area contributed by atoms with Gasteiger partial charge in [-0.3, -0.25) is 14.7 Å². The molecule has 0 aliphatic heterocycles. The van der Waals surface area contributed by atoms with Gasteiger partial charge < -0.3 is 0 Å². The van der Waals surface area contributed by atoms with Crippen LogP contribution in [0.3, 0.4) is 0 Å². The van der Waals surface area contributed by atoms with E-state index < -0.39 is 0 Å². The monoisotopic (exact) mass is 461 g/mol. The first kappa shape index (κ1) is 22.5. The summed E-state index contributed by atoms with van der Waals surface area (Å²) in [7, 11) is 0. The minimum Gasteiger partial charge on any atom is -0.282 e. The van der Waals surface area contributed by atoms with Crippen molar-refractivity contribution in [3.8, 4) is 0 Å². The number of anilines is 1. The molecule has 0 fully saturated rings. The molecule has 0 aliphatic rings. The van der Waals surface area contributed by atoms with Crippen molar-refractivity contribution < 1.29 is 4.79 Å². The lowest BCUT2D eigenvalue weighted by Crippen LogP contribution is -2.32. The third-order valence-electron chi connectivity index (χ3n) is 5.10. The van der Waals surface area contributed by atoms with Crippen molar-refractivity contribution in [3.63, 3.8) is 0 Å². The molecule has 164 valence electrons. The van der Waals surface area contributed by atoms with Gasteiger partial charge >= 0.3 is 0 Å². The van der Waals surface area contributed by atoms with Gasteiger partial charge in [-0.25, -0.2) is 4.98 Å². The number of thiazole rings is 1. The molecule has 0 saturated heterocycles. The maximum atomic E-state index is 13.5. The first-order valence-corrected chi connectivity index (χ1v) is 12.6. The molecule has 6 heteroatoms. The molecular formula is C26H27N3OS2. The minimum atomic E-state index is 0.0250. The van der Waals surface area contributed by atoms with E-state index in [0.717, 1.165) is 33.0 Å². The van der Waals surface area contributed by atoms with Crippen molar-refractivity contribution in [1.29, 1.82) is 0 Å². The summed E-state index contributed by atoms with van der Waals surface area (Å²) in [4.78, 5) is 25.8. The fraction of sp³-hybridized carbons (Fsp3) is 0.269. The van der Waals surface area contributed by atoms with Crippen LogP contribution in [0.1, 0.15) is 37.6 Å². The van der Waals surface area contributed by atoms with Crippen LogP contribution < -0.4 is 4.90 Å². The van der Waals surface area contributed by atoms with Crippen molar-refractivity contribution in [1.82, 2.24) is 9.97 Å². The molecule has 2 aromatic heterocycles. The number of amides is 1. The number of carbonyl (C=O) groups is 1. The number of pyridine rings is 1. The summed E-state index contributed by atoms with van der Waals surface area (Å²) in [5.74, 6) is 0.0250. The van der Waals surface area contributed by atoms with Crippen LogP contribution in [0.25, 0.3) is 10.2 Å². The van der Waals surface area contributed by atoms with Crippen LogP contribution >= 0.6 is 23.1 Å². The number of thioether (sulfide) groups is 1. The van der Waals surface area contributed by atoms with Crippen molar-refractivity contribution in [3.05, 3.63) is 83.7 Å². The molecule has 32 heavy (non-hydrogen) atoms. The van der Waals surface area contributed by atoms with E-state index in [2.05, 4.69) is 68.2 Å². The largest absolute Gasteiger partial charge is 0.282 e. The summed E-state index contributed by atoms with van der Waals surface area (Å²) in [5.41, 5.74) is 4.04. The lowest BCUT2D eigenvalue weighted by Gasteiger charge is -2.20.